The molecule has 3 N–H and O–H groups in total. The van der Waals surface area contributed by atoms with Gasteiger partial charge in [0.25, 0.3) is 0 Å². The molecule has 22 heavy (non-hydrogen) atoms. The van der Waals surface area contributed by atoms with E-state index in [0.29, 0.717) is 13.0 Å². The Labute approximate surface area is 151 Å². The predicted molar refractivity (Wildman–Crippen MR) is 101 cm³/mol. The molecule has 1 aliphatic heterocycles. The highest BCUT2D eigenvalue weighted by molar-refractivity contribution is 7.99. The molecule has 0 aromatic rings. The van der Waals surface area contributed by atoms with Crippen molar-refractivity contribution in [1.82, 2.24) is 10.2 Å². The normalized spacial score (nSPS) is 21.3. The van der Waals surface area contributed by atoms with Crippen LogP contribution in [0.1, 0.15) is 44.9 Å². The molecule has 0 radical (unpaired) electrons. The molecule has 1 saturated heterocycles. The van der Waals surface area contributed by atoms with Crippen LogP contribution in [0.2, 0.25) is 0 Å². The SMILES string of the molecule is Cl.Cl.NCCCC(=O)NCC1(N2CCSCC2)CCCCC1. The topological polar surface area (TPSA) is 58.4 Å². The Bertz CT molecular complexity index is 309. The van der Waals surface area contributed by atoms with Crippen LogP contribution in [0.15, 0.2) is 0 Å². The predicted octanol–water partition coefficient (Wildman–Crippen LogP) is 2.44. The van der Waals surface area contributed by atoms with Crippen molar-refractivity contribution in [3.05, 3.63) is 0 Å². The number of amides is 1. The van der Waals surface area contributed by atoms with Crippen molar-refractivity contribution in [2.75, 3.05) is 37.7 Å². The largest absolute Gasteiger partial charge is 0.354 e. The summed E-state index contributed by atoms with van der Waals surface area (Å²) in [7, 11) is 0. The smallest absolute Gasteiger partial charge is 0.220 e. The minimum Gasteiger partial charge on any atom is -0.354 e. The van der Waals surface area contributed by atoms with Gasteiger partial charge in [0.15, 0.2) is 0 Å². The Morgan fingerprint density at radius 2 is 1.77 bits per heavy atom. The Morgan fingerprint density at radius 3 is 2.36 bits per heavy atom. The highest BCUT2D eigenvalue weighted by Gasteiger charge is 2.38. The minimum absolute atomic E-state index is 0. The van der Waals surface area contributed by atoms with Crippen LogP contribution >= 0.6 is 36.6 Å². The molecule has 4 nitrogen and oxygen atoms in total. The van der Waals surface area contributed by atoms with Crippen molar-refractivity contribution < 1.29 is 4.79 Å². The van der Waals surface area contributed by atoms with Crippen molar-refractivity contribution in [3.8, 4) is 0 Å². The average molecular weight is 372 g/mol. The van der Waals surface area contributed by atoms with Gasteiger partial charge >= 0.3 is 0 Å². The van der Waals surface area contributed by atoms with E-state index in [-0.39, 0.29) is 36.3 Å². The third kappa shape index (κ3) is 6.44. The lowest BCUT2D eigenvalue weighted by molar-refractivity contribution is -0.122. The van der Waals surface area contributed by atoms with Crippen molar-refractivity contribution in [3.63, 3.8) is 0 Å². The van der Waals surface area contributed by atoms with Gasteiger partial charge in [0, 0.05) is 43.1 Å². The molecule has 1 saturated carbocycles. The first-order valence-corrected chi connectivity index (χ1v) is 9.22. The number of nitrogens with two attached hydrogens (primary N) is 1. The van der Waals surface area contributed by atoms with Gasteiger partial charge in [-0.05, 0) is 25.8 Å². The van der Waals surface area contributed by atoms with Crippen LogP contribution in [-0.2, 0) is 4.79 Å². The van der Waals surface area contributed by atoms with Gasteiger partial charge in [-0.25, -0.2) is 0 Å². The van der Waals surface area contributed by atoms with Crippen molar-refractivity contribution in [2.24, 2.45) is 5.73 Å². The average Bonchev–Trinajstić information content (AvgIpc) is 2.52. The van der Waals surface area contributed by atoms with Crippen molar-refractivity contribution in [2.45, 2.75) is 50.5 Å². The zero-order valence-electron chi connectivity index (χ0n) is 13.3. The number of nitrogens with one attached hydrogen (secondary N) is 1. The van der Waals surface area contributed by atoms with E-state index in [1.807, 2.05) is 0 Å². The molecule has 0 aromatic carbocycles. The van der Waals surface area contributed by atoms with Crippen LogP contribution in [0.4, 0.5) is 0 Å². The second kappa shape index (κ2) is 11.8. The quantitative estimate of drug-likeness (QED) is 0.752. The highest BCUT2D eigenvalue weighted by atomic mass is 35.5. The molecule has 0 spiro atoms. The Morgan fingerprint density at radius 1 is 1.14 bits per heavy atom. The number of carbonyl (C=O) groups excluding carboxylic acids is 1. The fraction of sp³-hybridized carbons (Fsp3) is 0.933. The van der Waals surface area contributed by atoms with Gasteiger partial charge in [-0.1, -0.05) is 19.3 Å². The summed E-state index contributed by atoms with van der Waals surface area (Å²) in [6.07, 6.45) is 7.82. The third-order valence-corrected chi connectivity index (χ3v) is 5.63. The summed E-state index contributed by atoms with van der Waals surface area (Å²) in [5.41, 5.74) is 5.70. The van der Waals surface area contributed by atoms with Gasteiger partial charge in [0.2, 0.25) is 5.91 Å². The van der Waals surface area contributed by atoms with E-state index in [9.17, 15) is 4.79 Å². The maximum Gasteiger partial charge on any atom is 0.220 e. The van der Waals surface area contributed by atoms with Gasteiger partial charge in [0.1, 0.15) is 0 Å². The van der Waals surface area contributed by atoms with Crippen LogP contribution in [0.3, 0.4) is 0 Å². The van der Waals surface area contributed by atoms with Crippen molar-refractivity contribution >= 4 is 42.5 Å². The molecule has 1 aliphatic carbocycles. The number of carbonyl (C=O) groups is 1. The Hall–Kier alpha value is 0.320. The van der Waals surface area contributed by atoms with Crippen LogP contribution < -0.4 is 11.1 Å². The molecule has 2 fully saturated rings. The summed E-state index contributed by atoms with van der Waals surface area (Å²) in [6.45, 7) is 3.80. The molecule has 2 rings (SSSR count). The lowest BCUT2D eigenvalue weighted by atomic mass is 9.80. The van der Waals surface area contributed by atoms with Gasteiger partial charge in [0.05, 0.1) is 0 Å². The van der Waals surface area contributed by atoms with E-state index in [0.717, 1.165) is 13.0 Å². The number of rotatable bonds is 6. The maximum atomic E-state index is 11.9. The minimum atomic E-state index is 0. The van der Waals surface area contributed by atoms with E-state index >= 15 is 0 Å². The van der Waals surface area contributed by atoms with Gasteiger partial charge in [-0.15, -0.1) is 24.8 Å². The number of nitrogens with zero attached hydrogens (tertiary/aromatic N) is 1. The molecule has 0 aromatic heterocycles. The van der Waals surface area contributed by atoms with Crippen LogP contribution in [0.25, 0.3) is 0 Å². The molecule has 0 atom stereocenters. The Kier molecular flexibility index (Phi) is 12.0. The zero-order valence-corrected chi connectivity index (χ0v) is 15.8. The number of thioether (sulfide) groups is 1. The first-order valence-electron chi connectivity index (χ1n) is 8.06. The number of hydrogen-bond acceptors (Lipinski definition) is 4. The molecular weight excluding hydrogens is 341 g/mol. The third-order valence-electron chi connectivity index (χ3n) is 4.69. The molecular formula is C15H31Cl2N3OS. The van der Waals surface area contributed by atoms with E-state index in [4.69, 9.17) is 5.73 Å². The first-order chi connectivity index (χ1) is 9.77. The maximum absolute atomic E-state index is 11.9. The lowest BCUT2D eigenvalue weighted by Gasteiger charge is -2.48. The van der Waals surface area contributed by atoms with E-state index in [1.165, 1.54) is 56.7 Å². The zero-order chi connectivity index (χ0) is 14.3. The summed E-state index contributed by atoms with van der Waals surface area (Å²) in [6, 6.07) is 0. The highest BCUT2D eigenvalue weighted by Crippen LogP contribution is 2.34. The molecule has 2 aliphatic rings. The standard InChI is InChI=1S/C15H29N3OS.2ClH/c16-8-4-5-14(19)17-13-15(6-2-1-3-7-15)18-9-11-20-12-10-18;;/h1-13,16H2,(H,17,19);2*1H. The molecule has 132 valence electrons. The fourth-order valence-electron chi connectivity index (χ4n) is 3.47. The van der Waals surface area contributed by atoms with Gasteiger partial charge < -0.3 is 11.1 Å². The van der Waals surface area contributed by atoms with E-state index < -0.39 is 0 Å². The van der Waals surface area contributed by atoms with Crippen molar-refractivity contribution in [1.29, 1.82) is 0 Å². The van der Waals surface area contributed by atoms with E-state index in [2.05, 4.69) is 22.0 Å². The van der Waals surface area contributed by atoms with Gasteiger partial charge in [-0.3, -0.25) is 9.69 Å². The van der Waals surface area contributed by atoms with Crippen LogP contribution in [-0.4, -0.2) is 54.0 Å². The lowest BCUT2D eigenvalue weighted by Crippen LogP contribution is -2.58. The first kappa shape index (κ1) is 22.3. The summed E-state index contributed by atoms with van der Waals surface area (Å²) in [5, 5.41) is 3.18. The summed E-state index contributed by atoms with van der Waals surface area (Å²) >= 11 is 2.05. The molecule has 1 amide bonds. The fourth-order valence-corrected chi connectivity index (χ4v) is 4.37. The van der Waals surface area contributed by atoms with Crippen LogP contribution in [0.5, 0.6) is 0 Å². The molecule has 0 unspecified atom stereocenters. The summed E-state index contributed by atoms with van der Waals surface area (Å²) in [5.74, 6) is 2.65. The number of halogens is 2. The second-order valence-electron chi connectivity index (χ2n) is 6.05. The van der Waals surface area contributed by atoms with E-state index in [1.54, 1.807) is 0 Å². The van der Waals surface area contributed by atoms with Crippen LogP contribution in [0, 0.1) is 0 Å². The molecule has 0 bridgehead atoms. The van der Waals surface area contributed by atoms with Gasteiger partial charge in [-0.2, -0.15) is 11.8 Å². The summed E-state index contributed by atoms with van der Waals surface area (Å²) < 4.78 is 0. The monoisotopic (exact) mass is 371 g/mol. The number of hydrogen-bond donors (Lipinski definition) is 2. The Balaban J connectivity index is 0.00000220. The molecule has 1 heterocycles. The second-order valence-corrected chi connectivity index (χ2v) is 7.28. The summed E-state index contributed by atoms with van der Waals surface area (Å²) in [4.78, 5) is 14.5. The molecule has 7 heteroatoms.